The molecule has 0 amide bonds. The van der Waals surface area contributed by atoms with Gasteiger partial charge in [-0.1, -0.05) is 10.2 Å². The molecule has 0 aromatic carbocycles. The normalized spacial score (nSPS) is 13.0. The molecule has 9 heteroatoms. The molecule has 0 fully saturated rings. The van der Waals surface area contributed by atoms with Crippen LogP contribution in [0.3, 0.4) is 0 Å². The topological polar surface area (TPSA) is 105 Å². The minimum atomic E-state index is -0.918. The Morgan fingerprint density at radius 3 is 2.30 bits per heavy atom. The summed E-state index contributed by atoms with van der Waals surface area (Å²) in [5.74, 6) is -0.333. The van der Waals surface area contributed by atoms with Gasteiger partial charge in [-0.15, -0.1) is 0 Å². The van der Waals surface area contributed by atoms with Gasteiger partial charge < -0.3 is 0 Å². The Morgan fingerprint density at radius 1 is 1.40 bits per heavy atom. The van der Waals surface area contributed by atoms with E-state index >= 15 is 0 Å². The number of hydrazone groups is 1. The Hall–Kier alpha value is -0.159. The van der Waals surface area contributed by atoms with Crippen LogP contribution in [-0.4, -0.2) is 59.9 Å². The van der Waals surface area contributed by atoms with Crippen molar-refractivity contribution in [3.63, 3.8) is 0 Å². The van der Waals surface area contributed by atoms with Gasteiger partial charge in [0, 0.05) is 0 Å². The zero-order valence-corrected chi connectivity index (χ0v) is 4.00. The quantitative estimate of drug-likeness (QED) is 0.361. The van der Waals surface area contributed by atoms with Crippen molar-refractivity contribution in [3.05, 3.63) is 10.1 Å². The van der Waals surface area contributed by atoms with E-state index in [1.54, 1.807) is 0 Å². The van der Waals surface area contributed by atoms with Crippen molar-refractivity contribution < 1.29 is 5.03 Å². The van der Waals surface area contributed by atoms with Crippen molar-refractivity contribution in [2.24, 2.45) is 25.8 Å². The summed E-state index contributed by atoms with van der Waals surface area (Å²) in [6.45, 7) is 0. The molecule has 0 aliphatic carbocycles. The molecule has 1 aliphatic rings. The molecule has 0 aromatic rings. The number of guanidine groups is 1. The predicted octanol–water partition coefficient (Wildman–Crippen LogP) is -0.549. The Bertz CT molecular complexity index is 204. The average molecular weight is 267 g/mol. The molecule has 0 spiro atoms. The van der Waals surface area contributed by atoms with Gasteiger partial charge >= 0.3 is 54.8 Å². The minimum absolute atomic E-state index is 0. The van der Waals surface area contributed by atoms with Gasteiger partial charge in [0.1, 0.15) is 5.10 Å². The Morgan fingerprint density at radius 2 is 1.90 bits per heavy atom. The Balaban J connectivity index is 0.000000810. The van der Waals surface area contributed by atoms with Crippen LogP contribution in [0.15, 0.2) is 25.8 Å². The molecular formula is CH2BaN6O2. The number of hydrogen-bond acceptors (Lipinski definition) is 4. The van der Waals surface area contributed by atoms with E-state index in [2.05, 4.69) is 25.8 Å². The second kappa shape index (κ2) is 4.63. The van der Waals surface area contributed by atoms with Gasteiger partial charge in [0.25, 0.3) is 0 Å². The summed E-state index contributed by atoms with van der Waals surface area (Å²) < 4.78 is 0. The van der Waals surface area contributed by atoms with Crippen LogP contribution in [0.25, 0.3) is 0 Å². The van der Waals surface area contributed by atoms with E-state index in [1.807, 2.05) is 0 Å². The SMILES string of the molecule is O=[N+]([O-])N=C1N=NN=N1.[BaH2]. The van der Waals surface area contributed by atoms with Crippen molar-refractivity contribution in [1.29, 1.82) is 0 Å². The Kier molecular flexibility index (Phi) is 4.55. The van der Waals surface area contributed by atoms with Gasteiger partial charge in [0.2, 0.25) is 0 Å². The number of nitrogens with zero attached hydrogens (tertiary/aromatic N) is 6. The van der Waals surface area contributed by atoms with E-state index in [9.17, 15) is 10.1 Å². The van der Waals surface area contributed by atoms with Crippen LogP contribution in [0.2, 0.25) is 0 Å². The molecule has 0 bridgehead atoms. The zero-order valence-electron chi connectivity index (χ0n) is 4.00. The third-order valence-corrected chi connectivity index (χ3v) is 0.479. The van der Waals surface area contributed by atoms with Crippen LogP contribution in [0.1, 0.15) is 0 Å². The number of nitro groups is 1. The molecule has 1 heterocycles. The summed E-state index contributed by atoms with van der Waals surface area (Å²) in [7, 11) is 0. The maximum absolute atomic E-state index is 9.57. The summed E-state index contributed by atoms with van der Waals surface area (Å²) in [5, 5.41) is 23.4. The summed E-state index contributed by atoms with van der Waals surface area (Å²) in [6.07, 6.45) is 0. The first-order chi connectivity index (χ1) is 4.29. The fourth-order valence-electron chi connectivity index (χ4n) is 0.253. The standard InChI is InChI=1S/CN6O2.Ba.2H/c8-7(9)4-1-2-5-6-3-1;;;. The summed E-state index contributed by atoms with van der Waals surface area (Å²) >= 11 is 0. The fraction of sp³-hybridized carbons (Fsp3) is 0. The summed E-state index contributed by atoms with van der Waals surface area (Å²) in [6, 6.07) is 0. The molecule has 1 aliphatic heterocycles. The number of hydrogen-bond donors (Lipinski definition) is 0. The van der Waals surface area contributed by atoms with Crippen molar-refractivity contribution in [2.45, 2.75) is 0 Å². The third-order valence-electron chi connectivity index (χ3n) is 0.479. The van der Waals surface area contributed by atoms with Gasteiger partial charge in [-0.3, -0.25) is 0 Å². The van der Waals surface area contributed by atoms with Crippen LogP contribution >= 0.6 is 0 Å². The van der Waals surface area contributed by atoms with Crippen molar-refractivity contribution >= 4 is 54.8 Å². The van der Waals surface area contributed by atoms with Crippen molar-refractivity contribution in [1.82, 2.24) is 0 Å². The van der Waals surface area contributed by atoms with Gasteiger partial charge in [0.05, 0.1) is 0 Å². The van der Waals surface area contributed by atoms with E-state index in [0.29, 0.717) is 0 Å². The first kappa shape index (κ1) is 9.84. The first-order valence-electron chi connectivity index (χ1n) is 1.84. The molecule has 0 unspecified atom stereocenters. The van der Waals surface area contributed by atoms with Crippen LogP contribution in [0.4, 0.5) is 0 Å². The second-order valence-corrected chi connectivity index (χ2v) is 1.02. The second-order valence-electron chi connectivity index (χ2n) is 1.02. The molecule has 0 radical (unpaired) electrons. The average Bonchev–Trinajstić information content (AvgIpc) is 2.15. The molecule has 10 heavy (non-hydrogen) atoms. The molecule has 50 valence electrons. The van der Waals surface area contributed by atoms with Crippen molar-refractivity contribution in [3.8, 4) is 0 Å². The zero-order chi connectivity index (χ0) is 6.69. The molecule has 8 nitrogen and oxygen atoms in total. The van der Waals surface area contributed by atoms with E-state index in [1.165, 1.54) is 0 Å². The van der Waals surface area contributed by atoms with E-state index < -0.39 is 5.03 Å². The molecule has 0 N–H and O–H groups in total. The molecular weight excluding hydrogens is 265 g/mol. The van der Waals surface area contributed by atoms with Gasteiger partial charge in [-0.05, 0) is 10.4 Å². The monoisotopic (exact) mass is 268 g/mol. The van der Waals surface area contributed by atoms with E-state index in [0.717, 1.165) is 0 Å². The first-order valence-corrected chi connectivity index (χ1v) is 1.84. The predicted molar refractivity (Wildman–Crippen MR) is 32.7 cm³/mol. The van der Waals surface area contributed by atoms with Gasteiger partial charge in [0.15, 0.2) is 5.03 Å². The van der Waals surface area contributed by atoms with Crippen LogP contribution < -0.4 is 0 Å². The summed E-state index contributed by atoms with van der Waals surface area (Å²) in [5.41, 5.74) is 0. The fourth-order valence-corrected chi connectivity index (χ4v) is 0.253. The Labute approximate surface area is 94.7 Å². The van der Waals surface area contributed by atoms with E-state index in [-0.39, 0.29) is 54.8 Å². The van der Waals surface area contributed by atoms with Gasteiger partial charge in [-0.25, -0.2) is 10.1 Å². The maximum atomic E-state index is 9.57. The summed E-state index contributed by atoms with van der Waals surface area (Å²) in [4.78, 5) is 9.57. The van der Waals surface area contributed by atoms with Crippen LogP contribution in [0, 0.1) is 10.1 Å². The third kappa shape index (κ3) is 3.12. The molecule has 0 aromatic heterocycles. The molecule has 0 saturated heterocycles. The van der Waals surface area contributed by atoms with Gasteiger partial charge in [-0.2, -0.15) is 0 Å². The van der Waals surface area contributed by atoms with E-state index in [4.69, 9.17) is 0 Å². The van der Waals surface area contributed by atoms with Crippen LogP contribution in [0.5, 0.6) is 0 Å². The number of rotatable bonds is 1. The molecule has 0 saturated carbocycles. The van der Waals surface area contributed by atoms with Crippen LogP contribution in [-0.2, 0) is 0 Å². The molecule has 1 rings (SSSR count). The molecule has 0 atom stereocenters. The van der Waals surface area contributed by atoms with Crippen molar-refractivity contribution in [2.75, 3.05) is 0 Å².